The number of aryl methyl sites for hydroxylation is 1. The first-order valence-corrected chi connectivity index (χ1v) is 5.32. The van der Waals surface area contributed by atoms with Gasteiger partial charge in [0.15, 0.2) is 0 Å². The van der Waals surface area contributed by atoms with Crippen molar-refractivity contribution in [1.29, 1.82) is 0 Å². The van der Waals surface area contributed by atoms with E-state index < -0.39 is 0 Å². The van der Waals surface area contributed by atoms with Gasteiger partial charge in [0, 0.05) is 5.69 Å². The van der Waals surface area contributed by atoms with Gasteiger partial charge >= 0.3 is 0 Å². The van der Waals surface area contributed by atoms with Gasteiger partial charge < -0.3 is 10.6 Å². The van der Waals surface area contributed by atoms with E-state index in [0.29, 0.717) is 0 Å². The molecule has 0 spiro atoms. The Bertz CT molecular complexity index is 372. The molecular formula is C12H16N2O. The summed E-state index contributed by atoms with van der Waals surface area (Å²) in [6, 6.07) is 7.87. The topological polar surface area (TPSA) is 46.3 Å². The Hall–Kier alpha value is -1.35. The van der Waals surface area contributed by atoms with Gasteiger partial charge in [-0.25, -0.2) is 0 Å². The average Bonchev–Trinajstić information content (AvgIpc) is 2.30. The lowest BCUT2D eigenvalue weighted by atomic mass is 9.96. The minimum absolute atomic E-state index is 0.0201. The van der Waals surface area contributed by atoms with E-state index in [9.17, 15) is 4.79 Å². The largest absolute Gasteiger partial charge is 0.318 e. The molecule has 1 saturated heterocycles. The number of carbonyl (C=O) groups is 1. The van der Waals surface area contributed by atoms with Crippen molar-refractivity contribution in [3.63, 3.8) is 0 Å². The fraction of sp³-hybridized carbons (Fsp3) is 0.417. The number of amides is 1. The van der Waals surface area contributed by atoms with Crippen molar-refractivity contribution >= 4 is 11.6 Å². The lowest BCUT2D eigenvalue weighted by molar-refractivity contribution is -0.125. The molecule has 3 heteroatoms. The van der Waals surface area contributed by atoms with Crippen molar-refractivity contribution < 1.29 is 4.79 Å². The molecule has 0 bridgehead atoms. The Morgan fingerprint density at radius 3 is 2.40 bits per heavy atom. The zero-order valence-electron chi connectivity index (χ0n) is 9.10. The van der Waals surface area contributed by atoms with Gasteiger partial charge in [0.2, 0.25) is 5.91 Å². The molecule has 1 fully saturated rings. The molecule has 3 nitrogen and oxygen atoms in total. The molecule has 0 aliphatic carbocycles. The fourth-order valence-electron chi connectivity index (χ4n) is 1.90. The van der Waals surface area contributed by atoms with Crippen LogP contribution in [0.3, 0.4) is 0 Å². The number of anilines is 1. The van der Waals surface area contributed by atoms with Crippen molar-refractivity contribution in [3.05, 3.63) is 29.8 Å². The van der Waals surface area contributed by atoms with Crippen molar-refractivity contribution in [2.24, 2.45) is 5.73 Å². The molecule has 1 aromatic carbocycles. The molecule has 1 amide bonds. The lowest BCUT2D eigenvalue weighted by Crippen LogP contribution is -2.67. The van der Waals surface area contributed by atoms with E-state index in [0.717, 1.165) is 12.1 Å². The van der Waals surface area contributed by atoms with E-state index in [-0.39, 0.29) is 18.0 Å². The van der Waals surface area contributed by atoms with E-state index in [4.69, 9.17) is 5.73 Å². The zero-order chi connectivity index (χ0) is 11.0. The van der Waals surface area contributed by atoms with E-state index in [1.165, 1.54) is 5.56 Å². The quantitative estimate of drug-likeness (QED) is 0.738. The monoisotopic (exact) mass is 204 g/mol. The van der Waals surface area contributed by atoms with Crippen LogP contribution in [0.2, 0.25) is 0 Å². The molecule has 2 N–H and O–H groups in total. The van der Waals surface area contributed by atoms with Gasteiger partial charge in [0.1, 0.15) is 6.04 Å². The number of rotatable bonds is 2. The molecule has 2 rings (SSSR count). The van der Waals surface area contributed by atoms with Crippen molar-refractivity contribution in [1.82, 2.24) is 0 Å². The van der Waals surface area contributed by atoms with Crippen LogP contribution >= 0.6 is 0 Å². The Labute approximate surface area is 89.9 Å². The molecule has 0 radical (unpaired) electrons. The van der Waals surface area contributed by atoms with Crippen LogP contribution in [0.4, 0.5) is 5.69 Å². The molecule has 80 valence electrons. The highest BCUT2D eigenvalue weighted by Gasteiger charge is 2.42. The van der Waals surface area contributed by atoms with Gasteiger partial charge in [-0.1, -0.05) is 19.1 Å². The molecular weight excluding hydrogens is 188 g/mol. The smallest absolute Gasteiger partial charge is 0.246 e. The molecule has 2 atom stereocenters. The highest BCUT2D eigenvalue weighted by atomic mass is 16.2. The number of hydrogen-bond acceptors (Lipinski definition) is 2. The third-order valence-corrected chi connectivity index (χ3v) is 3.07. The van der Waals surface area contributed by atoms with Crippen molar-refractivity contribution in [2.75, 3.05) is 4.90 Å². The van der Waals surface area contributed by atoms with Gasteiger partial charge in [-0.05, 0) is 31.0 Å². The van der Waals surface area contributed by atoms with Crippen LogP contribution in [-0.4, -0.2) is 18.0 Å². The van der Waals surface area contributed by atoms with Gasteiger partial charge in [0.05, 0.1) is 6.04 Å². The summed E-state index contributed by atoms with van der Waals surface area (Å²) in [5.74, 6) is 0.0201. The van der Waals surface area contributed by atoms with E-state index in [2.05, 4.69) is 19.1 Å². The number of benzene rings is 1. The van der Waals surface area contributed by atoms with E-state index in [1.807, 2.05) is 19.1 Å². The highest BCUT2D eigenvalue weighted by molar-refractivity contribution is 6.05. The summed E-state index contributed by atoms with van der Waals surface area (Å²) < 4.78 is 0. The normalized spacial score (nSPS) is 25.3. The van der Waals surface area contributed by atoms with Crippen LogP contribution in [0.15, 0.2) is 24.3 Å². The molecule has 0 unspecified atom stereocenters. The Balaban J connectivity index is 2.20. The summed E-state index contributed by atoms with van der Waals surface area (Å²) >= 11 is 0. The second-order valence-electron chi connectivity index (χ2n) is 3.99. The second-order valence-corrected chi connectivity index (χ2v) is 3.99. The molecule has 1 aromatic rings. The first-order valence-electron chi connectivity index (χ1n) is 5.32. The van der Waals surface area contributed by atoms with Crippen molar-refractivity contribution in [2.45, 2.75) is 32.4 Å². The summed E-state index contributed by atoms with van der Waals surface area (Å²) in [7, 11) is 0. The van der Waals surface area contributed by atoms with Crippen LogP contribution in [-0.2, 0) is 11.2 Å². The minimum Gasteiger partial charge on any atom is -0.318 e. The first kappa shape index (κ1) is 10.2. The molecule has 0 saturated carbocycles. The van der Waals surface area contributed by atoms with Crippen LogP contribution in [0.5, 0.6) is 0 Å². The predicted octanol–water partition coefficient (Wildman–Crippen LogP) is 1.31. The Morgan fingerprint density at radius 1 is 1.33 bits per heavy atom. The Kier molecular flexibility index (Phi) is 2.49. The average molecular weight is 204 g/mol. The van der Waals surface area contributed by atoms with Crippen LogP contribution in [0, 0.1) is 0 Å². The van der Waals surface area contributed by atoms with Gasteiger partial charge in [-0.15, -0.1) is 0 Å². The maximum atomic E-state index is 11.5. The predicted molar refractivity (Wildman–Crippen MR) is 60.7 cm³/mol. The van der Waals surface area contributed by atoms with Gasteiger partial charge in [-0.3, -0.25) is 4.79 Å². The van der Waals surface area contributed by atoms with Crippen LogP contribution < -0.4 is 10.6 Å². The second kappa shape index (κ2) is 3.66. The number of hydrogen-bond donors (Lipinski definition) is 1. The number of β-lactam (4-membered cyclic amide) rings is 1. The summed E-state index contributed by atoms with van der Waals surface area (Å²) in [6.07, 6.45) is 1.02. The van der Waals surface area contributed by atoms with Crippen LogP contribution in [0.1, 0.15) is 19.4 Å². The molecule has 15 heavy (non-hydrogen) atoms. The van der Waals surface area contributed by atoms with Crippen molar-refractivity contribution in [3.8, 4) is 0 Å². The molecule has 1 aliphatic heterocycles. The highest BCUT2D eigenvalue weighted by Crippen LogP contribution is 2.26. The summed E-state index contributed by atoms with van der Waals surface area (Å²) in [5.41, 5.74) is 7.89. The molecule has 1 heterocycles. The van der Waals surface area contributed by atoms with E-state index in [1.54, 1.807) is 4.90 Å². The number of nitrogens with zero attached hydrogens (tertiary/aromatic N) is 1. The number of nitrogens with two attached hydrogens (primary N) is 1. The SMILES string of the molecule is CCc1ccc(N2C(=O)[C@H](N)[C@H]2C)cc1. The summed E-state index contributed by atoms with van der Waals surface area (Å²) in [4.78, 5) is 13.3. The zero-order valence-corrected chi connectivity index (χ0v) is 9.10. The van der Waals surface area contributed by atoms with Gasteiger partial charge in [-0.2, -0.15) is 0 Å². The van der Waals surface area contributed by atoms with E-state index >= 15 is 0 Å². The summed E-state index contributed by atoms with van der Waals surface area (Å²) in [6.45, 7) is 4.09. The number of carbonyl (C=O) groups excluding carboxylic acids is 1. The molecule has 1 aliphatic rings. The Morgan fingerprint density at radius 2 is 1.93 bits per heavy atom. The lowest BCUT2D eigenvalue weighted by Gasteiger charge is -2.43. The first-order chi connectivity index (χ1) is 7.15. The molecule has 0 aromatic heterocycles. The summed E-state index contributed by atoms with van der Waals surface area (Å²) in [5, 5.41) is 0. The fourth-order valence-corrected chi connectivity index (χ4v) is 1.90. The maximum Gasteiger partial charge on any atom is 0.246 e. The standard InChI is InChI=1S/C12H16N2O/c1-3-9-4-6-10(7-5-9)14-8(2)11(13)12(14)15/h4-8,11H,3,13H2,1-2H3/t8-,11-/m1/s1. The minimum atomic E-state index is -0.323. The maximum absolute atomic E-state index is 11.5. The van der Waals surface area contributed by atoms with Crippen LogP contribution in [0.25, 0.3) is 0 Å². The third-order valence-electron chi connectivity index (χ3n) is 3.07. The third kappa shape index (κ3) is 1.53. The van der Waals surface area contributed by atoms with Gasteiger partial charge in [0.25, 0.3) is 0 Å².